The number of halogens is 1. The average molecular weight is 431 g/mol. The number of pyridine rings is 1. The van der Waals surface area contributed by atoms with Gasteiger partial charge in [0, 0.05) is 18.7 Å². The Morgan fingerprint density at radius 3 is 2.59 bits per heavy atom. The fraction of sp³-hybridized carbons (Fsp3) is 0.200. The molecular formula is C20H19ClN4O3S. The summed E-state index contributed by atoms with van der Waals surface area (Å²) in [6, 6.07) is 9.02. The van der Waals surface area contributed by atoms with Crippen molar-refractivity contribution >= 4 is 45.6 Å². The van der Waals surface area contributed by atoms with Crippen molar-refractivity contribution in [2.75, 3.05) is 17.7 Å². The van der Waals surface area contributed by atoms with Gasteiger partial charge >= 0.3 is 0 Å². The van der Waals surface area contributed by atoms with Gasteiger partial charge in [-0.05, 0) is 30.7 Å². The van der Waals surface area contributed by atoms with Crippen LogP contribution >= 0.6 is 22.9 Å². The molecular weight excluding hydrogens is 412 g/mol. The van der Waals surface area contributed by atoms with Crippen LogP contribution in [-0.4, -0.2) is 28.9 Å². The molecule has 3 aromatic rings. The summed E-state index contributed by atoms with van der Waals surface area (Å²) in [5.74, 6) is 0.328. The van der Waals surface area contributed by atoms with Gasteiger partial charge in [-0.3, -0.25) is 9.59 Å². The highest BCUT2D eigenvalue weighted by Crippen LogP contribution is 2.35. The minimum Gasteiger partial charge on any atom is -0.497 e. The van der Waals surface area contributed by atoms with Gasteiger partial charge < -0.3 is 15.4 Å². The van der Waals surface area contributed by atoms with Crippen molar-refractivity contribution in [3.8, 4) is 16.2 Å². The Kier molecular flexibility index (Phi) is 6.46. The second kappa shape index (κ2) is 9.02. The van der Waals surface area contributed by atoms with Crippen LogP contribution in [0.5, 0.6) is 5.75 Å². The lowest BCUT2D eigenvalue weighted by atomic mass is 10.1. The molecule has 0 atom stereocenters. The van der Waals surface area contributed by atoms with Crippen molar-refractivity contribution in [3.63, 3.8) is 0 Å². The van der Waals surface area contributed by atoms with Crippen LogP contribution in [0.2, 0.25) is 5.15 Å². The maximum atomic E-state index is 12.4. The van der Waals surface area contributed by atoms with Crippen LogP contribution in [-0.2, 0) is 16.0 Å². The number of thiazole rings is 1. The highest BCUT2D eigenvalue weighted by molar-refractivity contribution is 7.19. The van der Waals surface area contributed by atoms with Crippen LogP contribution in [0.1, 0.15) is 18.2 Å². The van der Waals surface area contributed by atoms with E-state index in [1.807, 2.05) is 19.1 Å². The fourth-order valence-corrected chi connectivity index (χ4v) is 3.80. The number of amides is 2. The fourth-order valence-electron chi connectivity index (χ4n) is 2.65. The molecule has 0 saturated carbocycles. The Labute approximate surface area is 177 Å². The van der Waals surface area contributed by atoms with E-state index in [9.17, 15) is 9.59 Å². The molecule has 2 N–H and O–H groups in total. The molecule has 0 bridgehead atoms. The summed E-state index contributed by atoms with van der Waals surface area (Å²) in [5.41, 5.74) is 2.76. The lowest BCUT2D eigenvalue weighted by Crippen LogP contribution is -2.15. The van der Waals surface area contributed by atoms with E-state index < -0.39 is 0 Å². The van der Waals surface area contributed by atoms with Gasteiger partial charge in [0.2, 0.25) is 11.8 Å². The molecule has 0 unspecified atom stereocenters. The van der Waals surface area contributed by atoms with Gasteiger partial charge in [-0.2, -0.15) is 0 Å². The standard InChI is InChI=1S/C20H19ClN4O3S/c1-11-18(29-20(23-11)24-12(2)26)14-9-16(19(21)22-10-14)25-17(27)8-13-4-6-15(28-3)7-5-13/h4-7,9-10H,8H2,1-3H3,(H,25,27)(H,23,24,26). The predicted octanol–water partition coefficient (Wildman–Crippen LogP) is 4.32. The van der Waals surface area contributed by atoms with Crippen molar-refractivity contribution in [1.29, 1.82) is 0 Å². The Hall–Kier alpha value is -2.97. The molecule has 0 aliphatic carbocycles. The molecule has 0 aliphatic rings. The third-order valence-electron chi connectivity index (χ3n) is 3.98. The molecule has 2 amide bonds. The first kappa shape index (κ1) is 20.8. The van der Waals surface area contributed by atoms with E-state index in [2.05, 4.69) is 20.6 Å². The molecule has 7 nitrogen and oxygen atoms in total. The van der Waals surface area contributed by atoms with Gasteiger partial charge in [-0.25, -0.2) is 9.97 Å². The number of aromatic nitrogens is 2. The molecule has 150 valence electrons. The first-order valence-corrected chi connectivity index (χ1v) is 9.89. The molecule has 0 saturated heterocycles. The molecule has 1 aromatic carbocycles. The van der Waals surface area contributed by atoms with Gasteiger partial charge in [0.15, 0.2) is 10.3 Å². The largest absolute Gasteiger partial charge is 0.497 e. The minimum atomic E-state index is -0.212. The lowest BCUT2D eigenvalue weighted by molar-refractivity contribution is -0.116. The summed E-state index contributed by atoms with van der Waals surface area (Å²) in [4.78, 5) is 33.0. The maximum Gasteiger partial charge on any atom is 0.228 e. The molecule has 9 heteroatoms. The van der Waals surface area contributed by atoms with Gasteiger partial charge in [-0.1, -0.05) is 35.1 Å². The van der Waals surface area contributed by atoms with Crippen LogP contribution < -0.4 is 15.4 Å². The molecule has 29 heavy (non-hydrogen) atoms. The number of anilines is 2. The van der Waals surface area contributed by atoms with Crippen molar-refractivity contribution in [3.05, 3.63) is 52.9 Å². The third-order valence-corrected chi connectivity index (χ3v) is 5.40. The van der Waals surface area contributed by atoms with Gasteiger partial charge in [0.05, 0.1) is 29.8 Å². The topological polar surface area (TPSA) is 93.2 Å². The number of nitrogens with one attached hydrogen (secondary N) is 2. The number of methoxy groups -OCH3 is 1. The summed E-state index contributed by atoms with van der Waals surface area (Å²) in [6.45, 7) is 3.27. The zero-order valence-electron chi connectivity index (χ0n) is 16.1. The molecule has 0 fully saturated rings. The molecule has 2 aromatic heterocycles. The van der Waals surface area contributed by atoms with Crippen LogP contribution in [0, 0.1) is 6.92 Å². The molecule has 0 aliphatic heterocycles. The number of nitrogens with zero attached hydrogens (tertiary/aromatic N) is 2. The zero-order valence-corrected chi connectivity index (χ0v) is 17.6. The third kappa shape index (κ3) is 5.30. The summed E-state index contributed by atoms with van der Waals surface area (Å²) >= 11 is 7.50. The highest BCUT2D eigenvalue weighted by atomic mass is 35.5. The predicted molar refractivity (Wildman–Crippen MR) is 115 cm³/mol. The Bertz CT molecular complexity index is 1050. The van der Waals surface area contributed by atoms with Crippen molar-refractivity contribution in [2.45, 2.75) is 20.3 Å². The van der Waals surface area contributed by atoms with Crippen molar-refractivity contribution in [1.82, 2.24) is 9.97 Å². The summed E-state index contributed by atoms with van der Waals surface area (Å²) < 4.78 is 5.12. The number of hydrogen-bond donors (Lipinski definition) is 2. The number of carbonyl (C=O) groups is 2. The number of rotatable bonds is 6. The molecule has 0 radical (unpaired) electrons. The van der Waals surface area contributed by atoms with Gasteiger partial charge in [0.1, 0.15) is 5.75 Å². The monoisotopic (exact) mass is 430 g/mol. The quantitative estimate of drug-likeness (QED) is 0.568. The number of benzene rings is 1. The Balaban J connectivity index is 1.77. The average Bonchev–Trinajstić information content (AvgIpc) is 3.03. The number of hydrogen-bond acceptors (Lipinski definition) is 6. The first-order valence-electron chi connectivity index (χ1n) is 8.69. The highest BCUT2D eigenvalue weighted by Gasteiger charge is 2.14. The molecule has 0 spiro atoms. The maximum absolute atomic E-state index is 12.4. The van der Waals surface area contributed by atoms with Crippen molar-refractivity contribution in [2.24, 2.45) is 0 Å². The number of aryl methyl sites for hydroxylation is 1. The lowest BCUT2D eigenvalue weighted by Gasteiger charge is -2.09. The molecule has 3 rings (SSSR count). The van der Waals surface area contributed by atoms with E-state index >= 15 is 0 Å². The van der Waals surface area contributed by atoms with E-state index in [4.69, 9.17) is 16.3 Å². The second-order valence-corrected chi connectivity index (χ2v) is 7.61. The van der Waals surface area contributed by atoms with E-state index in [0.29, 0.717) is 10.8 Å². The first-order chi connectivity index (χ1) is 13.9. The van der Waals surface area contributed by atoms with Crippen LogP contribution in [0.4, 0.5) is 10.8 Å². The van der Waals surface area contributed by atoms with E-state index in [1.165, 1.54) is 18.3 Å². The Morgan fingerprint density at radius 2 is 1.93 bits per heavy atom. The van der Waals surface area contributed by atoms with E-state index in [1.54, 1.807) is 31.5 Å². The zero-order chi connectivity index (χ0) is 21.0. The summed E-state index contributed by atoms with van der Waals surface area (Å²) in [5, 5.41) is 6.18. The van der Waals surface area contributed by atoms with Crippen LogP contribution in [0.25, 0.3) is 10.4 Å². The molecule has 2 heterocycles. The van der Waals surface area contributed by atoms with Gasteiger partial charge in [-0.15, -0.1) is 0 Å². The normalized spacial score (nSPS) is 10.5. The number of carbonyl (C=O) groups excluding carboxylic acids is 2. The second-order valence-electron chi connectivity index (χ2n) is 6.25. The summed E-state index contributed by atoms with van der Waals surface area (Å²) in [7, 11) is 1.59. The number of ether oxygens (including phenoxy) is 1. The minimum absolute atomic E-state index is 0.189. The SMILES string of the molecule is COc1ccc(CC(=O)Nc2cc(-c3sc(NC(C)=O)nc3C)cnc2Cl)cc1. The van der Waals surface area contributed by atoms with Crippen LogP contribution in [0.3, 0.4) is 0 Å². The van der Waals surface area contributed by atoms with Gasteiger partial charge in [0.25, 0.3) is 0 Å². The van der Waals surface area contributed by atoms with E-state index in [0.717, 1.165) is 27.4 Å². The van der Waals surface area contributed by atoms with Crippen LogP contribution in [0.15, 0.2) is 36.5 Å². The smallest absolute Gasteiger partial charge is 0.228 e. The van der Waals surface area contributed by atoms with E-state index in [-0.39, 0.29) is 23.4 Å². The van der Waals surface area contributed by atoms with Crippen molar-refractivity contribution < 1.29 is 14.3 Å². The summed E-state index contributed by atoms with van der Waals surface area (Å²) in [6.07, 6.45) is 1.80. The Morgan fingerprint density at radius 1 is 1.21 bits per heavy atom.